The molecule has 0 saturated carbocycles. The highest BCUT2D eigenvalue weighted by Crippen LogP contribution is 2.26. The minimum atomic E-state index is -0.694. The Labute approximate surface area is 179 Å². The van der Waals surface area contributed by atoms with Crippen LogP contribution in [0, 0.1) is 5.82 Å². The second kappa shape index (κ2) is 10.2. The van der Waals surface area contributed by atoms with E-state index in [1.54, 1.807) is 42.5 Å². The van der Waals surface area contributed by atoms with E-state index in [4.69, 9.17) is 14.2 Å². The maximum Gasteiger partial charge on any atom is 0.339 e. The quantitative estimate of drug-likeness (QED) is 0.227. The van der Waals surface area contributed by atoms with Crippen LogP contribution in [0.3, 0.4) is 0 Å². The van der Waals surface area contributed by atoms with E-state index < -0.39 is 24.2 Å². The van der Waals surface area contributed by atoms with Crippen molar-refractivity contribution < 1.29 is 28.2 Å². The summed E-state index contributed by atoms with van der Waals surface area (Å²) in [6.45, 7) is -0.561. The lowest BCUT2D eigenvalue weighted by atomic mass is 10.0. The van der Waals surface area contributed by atoms with Crippen molar-refractivity contribution >= 4 is 23.4 Å². The molecule has 0 atom stereocenters. The highest BCUT2D eigenvalue weighted by molar-refractivity contribution is 6.22. The fourth-order valence-electron chi connectivity index (χ4n) is 3.00. The Kier molecular flexibility index (Phi) is 7.17. The third kappa shape index (κ3) is 5.36. The molecule has 5 nitrogen and oxygen atoms in total. The van der Waals surface area contributed by atoms with Crippen LogP contribution in [0.1, 0.15) is 21.5 Å². The molecule has 3 rings (SSSR count). The van der Waals surface area contributed by atoms with E-state index in [0.717, 1.165) is 6.07 Å². The summed E-state index contributed by atoms with van der Waals surface area (Å²) >= 11 is 0. The molecule has 0 amide bonds. The molecule has 3 aromatic carbocycles. The molecule has 0 aromatic heterocycles. The van der Waals surface area contributed by atoms with E-state index >= 15 is 0 Å². The number of esters is 1. The van der Waals surface area contributed by atoms with Gasteiger partial charge in [-0.1, -0.05) is 48.5 Å². The average molecular weight is 420 g/mol. The fourth-order valence-corrected chi connectivity index (χ4v) is 3.00. The van der Waals surface area contributed by atoms with E-state index in [0.29, 0.717) is 16.9 Å². The number of ketones is 1. The molecule has 0 unspecified atom stereocenters. The first kappa shape index (κ1) is 21.8. The summed E-state index contributed by atoms with van der Waals surface area (Å²) in [5.74, 6) is -1.06. The van der Waals surface area contributed by atoms with Gasteiger partial charge >= 0.3 is 5.97 Å². The number of ether oxygens (including phenoxy) is 3. The zero-order chi connectivity index (χ0) is 22.2. The van der Waals surface area contributed by atoms with Crippen LogP contribution >= 0.6 is 0 Å². The fraction of sp³-hybridized carbons (Fsp3) is 0.120. The molecule has 0 radical (unpaired) electrons. The van der Waals surface area contributed by atoms with Gasteiger partial charge in [0.1, 0.15) is 17.3 Å². The standard InChI is InChI=1S/C25H21FO5/c1-29-23-11-7-6-10-18(23)14-20(17-8-4-3-5-9-17)25(28)31-16-22(27)21-15-19(26)12-13-24(21)30-2/h3-15H,16H2,1-2H3/b20-14+. The predicted octanol–water partition coefficient (Wildman–Crippen LogP) is 4.81. The van der Waals surface area contributed by atoms with Crippen molar-refractivity contribution in [3.63, 3.8) is 0 Å². The Morgan fingerprint density at radius 1 is 0.871 bits per heavy atom. The van der Waals surface area contributed by atoms with Crippen LogP contribution in [0.25, 0.3) is 11.6 Å². The maximum absolute atomic E-state index is 13.6. The molecule has 158 valence electrons. The van der Waals surface area contributed by atoms with Crippen LogP contribution in [0.2, 0.25) is 0 Å². The number of carbonyl (C=O) groups excluding carboxylic acids is 2. The van der Waals surface area contributed by atoms with Crippen molar-refractivity contribution in [2.75, 3.05) is 20.8 Å². The number of para-hydroxylation sites is 1. The summed E-state index contributed by atoms with van der Waals surface area (Å²) in [4.78, 5) is 25.5. The first-order valence-electron chi connectivity index (χ1n) is 9.47. The molecule has 6 heteroatoms. The molecule has 0 spiro atoms. The Hall–Kier alpha value is -3.93. The molecule has 0 heterocycles. The molecule has 0 fully saturated rings. The van der Waals surface area contributed by atoms with Crippen molar-refractivity contribution in [2.24, 2.45) is 0 Å². The van der Waals surface area contributed by atoms with E-state index in [-0.39, 0.29) is 16.9 Å². The van der Waals surface area contributed by atoms with Gasteiger partial charge in [0.2, 0.25) is 5.78 Å². The molecule has 0 N–H and O–H groups in total. The summed E-state index contributed by atoms with van der Waals surface area (Å²) in [6.07, 6.45) is 1.64. The van der Waals surface area contributed by atoms with Crippen LogP contribution in [0.5, 0.6) is 11.5 Å². The van der Waals surface area contributed by atoms with Gasteiger partial charge in [0.15, 0.2) is 6.61 Å². The number of hydrogen-bond acceptors (Lipinski definition) is 5. The molecule has 0 aliphatic rings. The highest BCUT2D eigenvalue weighted by Gasteiger charge is 2.19. The lowest BCUT2D eigenvalue weighted by molar-refractivity contribution is -0.135. The molecule has 0 saturated heterocycles. The van der Waals surface area contributed by atoms with Crippen LogP contribution in [-0.4, -0.2) is 32.6 Å². The van der Waals surface area contributed by atoms with Gasteiger partial charge in [0, 0.05) is 5.56 Å². The Balaban J connectivity index is 1.87. The molecule has 0 bridgehead atoms. The third-order valence-corrected chi connectivity index (χ3v) is 4.54. The SMILES string of the molecule is COc1ccccc1/C=C(/C(=O)OCC(=O)c1cc(F)ccc1OC)c1ccccc1. The number of rotatable bonds is 8. The number of methoxy groups -OCH3 is 2. The number of Topliss-reactive ketones (excluding diaryl/α,β-unsaturated/α-hetero) is 1. The van der Waals surface area contributed by atoms with Gasteiger partial charge in [0.05, 0.1) is 25.4 Å². The lowest BCUT2D eigenvalue weighted by Crippen LogP contribution is -2.16. The highest BCUT2D eigenvalue weighted by atomic mass is 19.1. The van der Waals surface area contributed by atoms with Crippen molar-refractivity contribution in [3.05, 3.63) is 95.3 Å². The van der Waals surface area contributed by atoms with Crippen LogP contribution in [0.4, 0.5) is 4.39 Å². The number of hydrogen-bond donors (Lipinski definition) is 0. The van der Waals surface area contributed by atoms with Crippen molar-refractivity contribution in [3.8, 4) is 11.5 Å². The third-order valence-electron chi connectivity index (χ3n) is 4.54. The first-order chi connectivity index (χ1) is 15.0. The van der Waals surface area contributed by atoms with Crippen LogP contribution in [0.15, 0.2) is 72.8 Å². The maximum atomic E-state index is 13.6. The Bertz CT molecular complexity index is 1110. The van der Waals surface area contributed by atoms with Crippen molar-refractivity contribution in [1.29, 1.82) is 0 Å². The summed E-state index contributed by atoms with van der Waals surface area (Å²) in [7, 11) is 2.91. The molecule has 31 heavy (non-hydrogen) atoms. The number of carbonyl (C=O) groups is 2. The largest absolute Gasteiger partial charge is 0.496 e. The number of benzene rings is 3. The first-order valence-corrected chi connectivity index (χ1v) is 9.47. The van der Waals surface area contributed by atoms with E-state index in [1.807, 2.05) is 18.2 Å². The second-order valence-electron chi connectivity index (χ2n) is 6.51. The van der Waals surface area contributed by atoms with Crippen LogP contribution in [-0.2, 0) is 9.53 Å². The van der Waals surface area contributed by atoms with Gasteiger partial charge in [0.25, 0.3) is 0 Å². The van der Waals surface area contributed by atoms with Crippen molar-refractivity contribution in [2.45, 2.75) is 0 Å². The Morgan fingerprint density at radius 3 is 2.26 bits per heavy atom. The van der Waals surface area contributed by atoms with E-state index in [2.05, 4.69) is 0 Å². The minimum absolute atomic E-state index is 0.00488. The van der Waals surface area contributed by atoms with E-state index in [1.165, 1.54) is 26.4 Å². The molecule has 0 aliphatic carbocycles. The van der Waals surface area contributed by atoms with Crippen LogP contribution < -0.4 is 9.47 Å². The van der Waals surface area contributed by atoms with Gasteiger partial charge in [-0.25, -0.2) is 9.18 Å². The van der Waals surface area contributed by atoms with Crippen molar-refractivity contribution in [1.82, 2.24) is 0 Å². The topological polar surface area (TPSA) is 61.8 Å². The zero-order valence-corrected chi connectivity index (χ0v) is 17.1. The second-order valence-corrected chi connectivity index (χ2v) is 6.51. The van der Waals surface area contributed by atoms with Gasteiger partial charge in [-0.3, -0.25) is 4.79 Å². The predicted molar refractivity (Wildman–Crippen MR) is 116 cm³/mol. The summed E-state index contributed by atoms with van der Waals surface area (Å²) in [6, 6.07) is 19.8. The van der Waals surface area contributed by atoms with E-state index in [9.17, 15) is 14.0 Å². The molecule has 0 aliphatic heterocycles. The normalized spacial score (nSPS) is 11.0. The van der Waals surface area contributed by atoms with Gasteiger partial charge in [-0.05, 0) is 35.9 Å². The van der Waals surface area contributed by atoms with Gasteiger partial charge in [-0.2, -0.15) is 0 Å². The molecule has 3 aromatic rings. The average Bonchev–Trinajstić information content (AvgIpc) is 2.81. The Morgan fingerprint density at radius 2 is 1.55 bits per heavy atom. The summed E-state index contributed by atoms with van der Waals surface area (Å²) < 4.78 is 29.3. The smallest absolute Gasteiger partial charge is 0.339 e. The summed E-state index contributed by atoms with van der Waals surface area (Å²) in [5.41, 5.74) is 1.56. The molecular formula is C25H21FO5. The van der Waals surface area contributed by atoms with Gasteiger partial charge < -0.3 is 14.2 Å². The number of halogens is 1. The molecular weight excluding hydrogens is 399 g/mol. The zero-order valence-electron chi connectivity index (χ0n) is 17.1. The lowest BCUT2D eigenvalue weighted by Gasteiger charge is -2.11. The monoisotopic (exact) mass is 420 g/mol. The minimum Gasteiger partial charge on any atom is -0.496 e. The van der Waals surface area contributed by atoms with Gasteiger partial charge in [-0.15, -0.1) is 0 Å². The summed E-state index contributed by atoms with van der Waals surface area (Å²) in [5, 5.41) is 0.